The normalized spacial score (nSPS) is 11.6. The zero-order chi connectivity index (χ0) is 92.8. The number of nitrogens with one attached hydrogen (secondary N) is 11. The highest BCUT2D eigenvalue weighted by atomic mass is 19.1. The molecule has 4 amide bonds. The molecule has 38 nitrogen and oxygen atoms in total. The Morgan fingerprint density at radius 2 is 0.858 bits per heavy atom. The standard InChI is InChI=1S/C25H22FN7O.C24H25N9O.C24H22N8O2.C22H21N9O/c1-15-9-19(30-25-27-8-7-20(32-25)22-13-33(2)14-29-22)10-17-11-21(31-23(15)17)24(34)28-12-16-3-5-18(26)6-4-16;1-15-7-18(28-24-25-6-5-19(30-24)21-13-31(2)14-26-21)8-17-9-20(29-22(15)17)23(34)32(3)11-16-10-27-33(4)12-16;1-14-7-17(27-24-25-5-3-19(29-24)21-11-31(2)13-26-21)8-15-9-20(28-22(14)15)23(33)32-6-4-18-16(10-32)12-34-30-18;1-13-5-15(28-22-24-4-3-17(30-22)19-10-31(2)12-27-19)6-14-7-18(29-20(13)14)21(32)25-9-16-8-23-11-26-16/h3-11,13-14,31H,12H2,1-2H3,(H,28,34)(H,27,30,32);5-10,12-14,29H,11H2,1-4H3,(H,25,28,30);3,5,7-9,11-13,28H,4,6,10H2,1-2H3,(H,25,27,29);3-8,10-12,29H,9H2,1-2H3,(H,23,26)(H,25,32)(H,24,28,30). The topological polar surface area (TPSA) is 457 Å². The Kier molecular flexibility index (Phi) is 24.5. The van der Waals surface area contributed by atoms with Gasteiger partial charge in [-0.15, -0.1) is 0 Å². The number of fused-ring (bicyclic) bond motifs is 5. The average Bonchev–Trinajstić information content (AvgIpc) is 1.65. The Morgan fingerprint density at radius 1 is 0.455 bits per heavy atom. The molecule has 1 aliphatic heterocycles. The number of carbonyl (C=O) groups excluding carboxylic acids is 4. The number of amides is 4. The van der Waals surface area contributed by atoms with Crippen LogP contribution in [0.15, 0.2) is 232 Å². The first-order valence-corrected chi connectivity index (χ1v) is 42.5. The van der Waals surface area contributed by atoms with Gasteiger partial charge in [0.2, 0.25) is 23.8 Å². The number of anilines is 8. The molecule has 0 radical (unpaired) electrons. The van der Waals surface area contributed by atoms with Crippen LogP contribution in [0.3, 0.4) is 0 Å². The van der Waals surface area contributed by atoms with Crippen LogP contribution in [0.1, 0.15) is 92.3 Å². The van der Waals surface area contributed by atoms with E-state index in [1.54, 1.807) is 110 Å². The molecule has 0 saturated heterocycles. The van der Waals surface area contributed by atoms with Gasteiger partial charge < -0.3 is 89.4 Å². The fourth-order valence-corrected chi connectivity index (χ4v) is 15.5. The van der Waals surface area contributed by atoms with Crippen LogP contribution in [0, 0.1) is 33.5 Å². The van der Waals surface area contributed by atoms with Gasteiger partial charge in [0.1, 0.15) is 57.6 Å². The fraction of sp³-hybridized carbons (Fsp3) is 0.168. The van der Waals surface area contributed by atoms with E-state index in [-0.39, 0.29) is 29.4 Å². The van der Waals surface area contributed by atoms with Gasteiger partial charge in [-0.05, 0) is 165 Å². The number of hydrogen-bond acceptors (Lipinski definition) is 24. The summed E-state index contributed by atoms with van der Waals surface area (Å²) in [7, 11) is 11.3. The average molecular weight is 1790 g/mol. The van der Waals surface area contributed by atoms with E-state index < -0.39 is 0 Å². The second-order valence-electron chi connectivity index (χ2n) is 32.5. The maximum absolute atomic E-state index is 13.2. The van der Waals surface area contributed by atoms with Crippen LogP contribution in [0.25, 0.3) is 89.2 Å². The van der Waals surface area contributed by atoms with Crippen molar-refractivity contribution in [3.63, 3.8) is 0 Å². The van der Waals surface area contributed by atoms with E-state index in [4.69, 9.17) is 4.52 Å². The van der Waals surface area contributed by atoms with Gasteiger partial charge in [0.15, 0.2) is 0 Å². The largest absolute Gasteiger partial charge is 0.364 e. The molecule has 672 valence electrons. The van der Waals surface area contributed by atoms with Crippen molar-refractivity contribution >= 4 is 114 Å². The lowest BCUT2D eigenvalue weighted by atomic mass is 10.1. The van der Waals surface area contributed by atoms with E-state index in [2.05, 4.69) is 132 Å². The summed E-state index contributed by atoms with van der Waals surface area (Å²) < 4.78 is 27.3. The van der Waals surface area contributed by atoms with Crippen LogP contribution < -0.4 is 31.9 Å². The number of aromatic nitrogens is 25. The summed E-state index contributed by atoms with van der Waals surface area (Å²) in [5, 5.41) is 30.6. The lowest BCUT2D eigenvalue weighted by Gasteiger charge is -2.25. The number of benzene rings is 5. The number of aromatic amines is 5. The first-order chi connectivity index (χ1) is 64.9. The van der Waals surface area contributed by atoms with Crippen molar-refractivity contribution in [1.29, 1.82) is 0 Å². The summed E-state index contributed by atoms with van der Waals surface area (Å²) >= 11 is 0. The number of imidazole rings is 5. The molecular formula is C95H90FN33O5. The third-order valence-corrected chi connectivity index (χ3v) is 22.0. The van der Waals surface area contributed by atoms with Crippen LogP contribution in [0.4, 0.5) is 50.9 Å². The molecule has 15 aromatic heterocycles. The third kappa shape index (κ3) is 20.1. The van der Waals surface area contributed by atoms with Gasteiger partial charge in [-0.25, -0.2) is 69.2 Å². The highest BCUT2D eigenvalue weighted by Gasteiger charge is 2.27. The predicted octanol–water partition coefficient (Wildman–Crippen LogP) is 14.6. The Balaban J connectivity index is 0.000000119. The smallest absolute Gasteiger partial charge is 0.270 e. The number of H-pyrrole nitrogens is 5. The Labute approximate surface area is 763 Å². The van der Waals surface area contributed by atoms with Crippen LogP contribution in [-0.2, 0) is 67.8 Å². The van der Waals surface area contributed by atoms with Gasteiger partial charge in [0.05, 0.1) is 85.1 Å². The van der Waals surface area contributed by atoms with Gasteiger partial charge in [0.25, 0.3) is 23.6 Å². The van der Waals surface area contributed by atoms with E-state index in [1.165, 1.54) is 12.1 Å². The molecule has 0 bridgehead atoms. The van der Waals surface area contributed by atoms with Crippen LogP contribution >= 0.6 is 0 Å². The van der Waals surface area contributed by atoms with E-state index in [0.717, 1.165) is 162 Å². The SMILES string of the molecule is Cc1cc(Nc2nccc(-c3cn(C)cn3)n2)cc2cc(C(=O)N(C)Cc3cnn(C)c3)[nH]c12.Cc1cc(Nc2nccc(-c3cn(C)cn3)n2)cc2cc(C(=O)N3CCc4nocc4C3)[nH]c12.Cc1cc(Nc2nccc(-c3cn(C)cn3)n2)cc2cc(C(=O)NCc3ccc(F)cc3)[nH]c12.Cc1cc(Nc2nccc(-c3cn(C)cn3)n2)cc2cc(C(=O)NCc3cnc[nH]3)[nH]c12. The zero-order valence-corrected chi connectivity index (χ0v) is 74.4. The lowest BCUT2D eigenvalue weighted by molar-refractivity contribution is 0.0728. The van der Waals surface area contributed by atoms with Crippen molar-refractivity contribution < 1.29 is 28.1 Å². The van der Waals surface area contributed by atoms with Crippen LogP contribution in [-0.4, -0.2) is 170 Å². The number of aryl methyl sites for hydroxylation is 9. The van der Waals surface area contributed by atoms with Crippen molar-refractivity contribution in [3.05, 3.63) is 306 Å². The van der Waals surface area contributed by atoms with Crippen molar-refractivity contribution in [1.82, 2.24) is 143 Å². The second kappa shape index (κ2) is 37.8. The maximum Gasteiger partial charge on any atom is 0.270 e. The molecule has 20 aromatic rings. The number of rotatable bonds is 22. The van der Waals surface area contributed by atoms with Crippen molar-refractivity contribution in [3.8, 4) is 45.6 Å². The zero-order valence-electron chi connectivity index (χ0n) is 74.4. The molecule has 5 aromatic carbocycles. The molecule has 0 atom stereocenters. The third-order valence-electron chi connectivity index (χ3n) is 22.0. The van der Waals surface area contributed by atoms with E-state index in [9.17, 15) is 23.6 Å². The predicted molar refractivity (Wildman–Crippen MR) is 503 cm³/mol. The number of halogens is 1. The van der Waals surface area contributed by atoms with E-state index in [0.29, 0.717) is 85.7 Å². The first-order valence-electron chi connectivity index (χ1n) is 42.5. The maximum atomic E-state index is 13.2. The van der Waals surface area contributed by atoms with Crippen LogP contribution in [0.2, 0.25) is 0 Å². The molecule has 0 spiro atoms. The number of hydrogen-bond donors (Lipinski definition) is 11. The molecule has 21 rings (SSSR count). The Bertz CT molecular complexity index is 7710. The van der Waals surface area contributed by atoms with E-state index >= 15 is 0 Å². The van der Waals surface area contributed by atoms with Gasteiger partial charge in [-0.2, -0.15) is 5.10 Å². The second-order valence-corrected chi connectivity index (χ2v) is 32.5. The summed E-state index contributed by atoms with van der Waals surface area (Å²) in [5.41, 5.74) is 23.6. The minimum atomic E-state index is -0.306. The number of nitrogens with zero attached hydrogens (tertiary/aromatic N) is 22. The monoisotopic (exact) mass is 1790 g/mol. The van der Waals surface area contributed by atoms with Gasteiger partial charge >= 0.3 is 0 Å². The lowest BCUT2D eigenvalue weighted by Crippen LogP contribution is -2.35. The first kappa shape index (κ1) is 86.8. The summed E-state index contributed by atoms with van der Waals surface area (Å²) in [6, 6.07) is 36.6. The van der Waals surface area contributed by atoms with Crippen LogP contribution in [0.5, 0.6) is 0 Å². The quantitative estimate of drug-likeness (QED) is 0.0300. The Morgan fingerprint density at radius 3 is 1.25 bits per heavy atom. The summed E-state index contributed by atoms with van der Waals surface area (Å²) in [6.07, 6.45) is 30.6. The molecule has 16 heterocycles. The van der Waals surface area contributed by atoms with Gasteiger partial charge in [-0.1, -0.05) is 17.3 Å². The molecule has 1 aliphatic rings. The minimum Gasteiger partial charge on any atom is -0.364 e. The molecule has 0 aliphatic carbocycles. The number of carbonyl (C=O) groups is 4. The fourth-order valence-electron chi connectivity index (χ4n) is 15.5. The van der Waals surface area contributed by atoms with Crippen molar-refractivity contribution in [2.45, 2.75) is 60.3 Å². The van der Waals surface area contributed by atoms with Crippen molar-refractivity contribution in [2.24, 2.45) is 35.2 Å². The Hall–Kier alpha value is -17.9. The molecule has 134 heavy (non-hydrogen) atoms. The van der Waals surface area contributed by atoms with Gasteiger partial charge in [-0.3, -0.25) is 23.9 Å². The van der Waals surface area contributed by atoms with Gasteiger partial charge in [0, 0.05) is 208 Å². The van der Waals surface area contributed by atoms with Crippen molar-refractivity contribution in [2.75, 3.05) is 34.9 Å². The highest BCUT2D eigenvalue weighted by Crippen LogP contribution is 2.34. The summed E-state index contributed by atoms with van der Waals surface area (Å²) in [6.45, 7) is 10.3. The summed E-state index contributed by atoms with van der Waals surface area (Å²) in [5.74, 6) is 1.03. The molecule has 0 fully saturated rings. The summed E-state index contributed by atoms with van der Waals surface area (Å²) in [4.78, 5) is 128. The van der Waals surface area contributed by atoms with E-state index in [1.807, 2.05) is 208 Å². The highest BCUT2D eigenvalue weighted by molar-refractivity contribution is 6.03. The minimum absolute atomic E-state index is 0.0386. The molecule has 0 saturated carbocycles. The molecule has 39 heteroatoms. The molecular weight excluding hydrogens is 1700 g/mol. The molecule has 0 unspecified atom stereocenters. The molecule has 11 N–H and O–H groups in total.